The maximum absolute atomic E-state index is 9.10. The molecule has 0 radical (unpaired) electrons. The van der Waals surface area contributed by atoms with Gasteiger partial charge in [0.1, 0.15) is 0 Å². The van der Waals surface area contributed by atoms with Gasteiger partial charge in [0.2, 0.25) is 0 Å². The number of rotatable bonds is 4. The van der Waals surface area contributed by atoms with Gasteiger partial charge in [-0.1, -0.05) is 59.6 Å². The largest absolute Gasteiger partial charge is 0.473 e. The van der Waals surface area contributed by atoms with Crippen LogP contribution in [0.4, 0.5) is 0 Å². The van der Waals surface area contributed by atoms with E-state index in [1.165, 1.54) is 16.7 Å². The lowest BCUT2D eigenvalue weighted by Gasteiger charge is -2.35. The van der Waals surface area contributed by atoms with Crippen molar-refractivity contribution in [2.24, 2.45) is 0 Å². The lowest BCUT2D eigenvalue weighted by molar-refractivity contribution is -0.159. The van der Waals surface area contributed by atoms with Crippen molar-refractivity contribution in [3.8, 4) is 0 Å². The first-order valence-electron chi connectivity index (χ1n) is 9.05. The van der Waals surface area contributed by atoms with Crippen LogP contribution in [-0.4, -0.2) is 58.1 Å². The summed E-state index contributed by atoms with van der Waals surface area (Å²) >= 11 is 6.26. The number of benzene rings is 2. The van der Waals surface area contributed by atoms with Crippen LogP contribution in [-0.2, 0) is 22.7 Å². The van der Waals surface area contributed by atoms with Gasteiger partial charge in [0, 0.05) is 44.3 Å². The number of aliphatic carboxylic acids is 2. The molecule has 0 aliphatic carbocycles. The zero-order valence-corrected chi connectivity index (χ0v) is 16.6. The molecular formula is C21H25ClN2O4. The van der Waals surface area contributed by atoms with E-state index < -0.39 is 11.9 Å². The number of piperazine rings is 1. The number of nitrogens with zero attached hydrogens (tertiary/aromatic N) is 2. The van der Waals surface area contributed by atoms with Crippen LogP contribution in [0.3, 0.4) is 0 Å². The molecule has 1 fully saturated rings. The average Bonchev–Trinajstić information content (AvgIpc) is 2.66. The van der Waals surface area contributed by atoms with Gasteiger partial charge in [-0.15, -0.1) is 0 Å². The van der Waals surface area contributed by atoms with E-state index in [0.29, 0.717) is 0 Å². The number of carbonyl (C=O) groups is 2. The molecule has 0 bridgehead atoms. The molecule has 0 unspecified atom stereocenters. The van der Waals surface area contributed by atoms with E-state index in [1.54, 1.807) is 0 Å². The summed E-state index contributed by atoms with van der Waals surface area (Å²) in [6.07, 6.45) is 0. The van der Waals surface area contributed by atoms with Gasteiger partial charge in [0.05, 0.1) is 0 Å². The summed E-state index contributed by atoms with van der Waals surface area (Å²) in [5.41, 5.74) is 3.99. The monoisotopic (exact) mass is 404 g/mol. The molecule has 0 amide bonds. The van der Waals surface area contributed by atoms with Crippen molar-refractivity contribution in [2.75, 3.05) is 26.2 Å². The zero-order valence-electron chi connectivity index (χ0n) is 15.8. The number of carboxylic acid groups (broad SMARTS) is 2. The third-order valence-electron chi connectivity index (χ3n) is 4.49. The van der Waals surface area contributed by atoms with Gasteiger partial charge >= 0.3 is 11.9 Å². The standard InChI is InChI=1S/C19H23ClN2.C2H2O4/c1-16-5-4-6-17(13-16)14-21-9-11-22(12-10-21)15-18-7-2-3-8-19(18)20;3-1(4)2(5)6/h2-8,13H,9-12,14-15H2,1H3;(H,3,4)(H,5,6). The Labute approximate surface area is 170 Å². The molecular weight excluding hydrogens is 380 g/mol. The van der Waals surface area contributed by atoms with Crippen molar-refractivity contribution in [3.63, 3.8) is 0 Å². The molecule has 1 aliphatic heterocycles. The lowest BCUT2D eigenvalue weighted by atomic mass is 10.1. The normalized spacial score (nSPS) is 14.8. The SMILES string of the molecule is Cc1cccc(CN2CCN(Cc3ccccc3Cl)CC2)c1.O=C(O)C(=O)O. The van der Waals surface area contributed by atoms with E-state index in [4.69, 9.17) is 31.4 Å². The first-order chi connectivity index (χ1) is 13.3. The van der Waals surface area contributed by atoms with Crippen LogP contribution in [0.1, 0.15) is 16.7 Å². The number of halogens is 1. The summed E-state index contributed by atoms with van der Waals surface area (Å²) in [5.74, 6) is -3.65. The van der Waals surface area contributed by atoms with E-state index in [2.05, 4.69) is 53.1 Å². The summed E-state index contributed by atoms with van der Waals surface area (Å²) in [6, 6.07) is 17.0. The third-order valence-corrected chi connectivity index (χ3v) is 4.86. The van der Waals surface area contributed by atoms with Gasteiger partial charge in [-0.3, -0.25) is 9.80 Å². The number of hydrogen-bond acceptors (Lipinski definition) is 4. The number of aryl methyl sites for hydroxylation is 1. The molecule has 28 heavy (non-hydrogen) atoms. The highest BCUT2D eigenvalue weighted by Gasteiger charge is 2.17. The Bertz CT molecular complexity index is 792. The van der Waals surface area contributed by atoms with E-state index in [9.17, 15) is 0 Å². The molecule has 1 saturated heterocycles. The fourth-order valence-corrected chi connectivity index (χ4v) is 3.24. The van der Waals surface area contributed by atoms with Gasteiger partial charge in [0.25, 0.3) is 0 Å². The minimum Gasteiger partial charge on any atom is -0.473 e. The molecule has 3 rings (SSSR count). The molecule has 7 heteroatoms. The molecule has 2 aromatic carbocycles. The molecule has 150 valence electrons. The summed E-state index contributed by atoms with van der Waals surface area (Å²) in [6.45, 7) is 8.63. The highest BCUT2D eigenvalue weighted by molar-refractivity contribution is 6.31. The fraction of sp³-hybridized carbons (Fsp3) is 0.333. The Morgan fingerprint density at radius 1 is 0.893 bits per heavy atom. The highest BCUT2D eigenvalue weighted by atomic mass is 35.5. The molecule has 0 spiro atoms. The maximum Gasteiger partial charge on any atom is 0.414 e. The Hall–Kier alpha value is -2.41. The molecule has 2 aromatic rings. The third kappa shape index (κ3) is 7.31. The highest BCUT2D eigenvalue weighted by Crippen LogP contribution is 2.18. The van der Waals surface area contributed by atoms with Gasteiger partial charge < -0.3 is 10.2 Å². The topological polar surface area (TPSA) is 81.1 Å². The van der Waals surface area contributed by atoms with Crippen LogP contribution in [0.2, 0.25) is 5.02 Å². The Balaban J connectivity index is 0.000000409. The van der Waals surface area contributed by atoms with Gasteiger partial charge in [-0.2, -0.15) is 0 Å². The second-order valence-corrected chi connectivity index (χ2v) is 7.15. The average molecular weight is 405 g/mol. The van der Waals surface area contributed by atoms with Crippen molar-refractivity contribution in [2.45, 2.75) is 20.0 Å². The fourth-order valence-electron chi connectivity index (χ4n) is 3.04. The predicted octanol–water partition coefficient (Wildman–Crippen LogP) is 3.12. The van der Waals surface area contributed by atoms with Gasteiger partial charge in [-0.05, 0) is 24.1 Å². The molecule has 0 saturated carbocycles. The van der Waals surface area contributed by atoms with Crippen molar-refractivity contribution >= 4 is 23.5 Å². The second kappa shape index (κ2) is 10.8. The molecule has 1 heterocycles. The second-order valence-electron chi connectivity index (χ2n) is 6.74. The summed E-state index contributed by atoms with van der Waals surface area (Å²) in [4.78, 5) is 23.2. The number of hydrogen-bond donors (Lipinski definition) is 2. The minimum absolute atomic E-state index is 0.879. The van der Waals surface area contributed by atoms with Gasteiger partial charge in [0.15, 0.2) is 0 Å². The molecule has 0 atom stereocenters. The minimum atomic E-state index is -1.82. The van der Waals surface area contributed by atoms with E-state index in [0.717, 1.165) is 44.3 Å². The summed E-state index contributed by atoms with van der Waals surface area (Å²) in [5, 5.41) is 15.7. The number of carboxylic acids is 2. The molecule has 6 nitrogen and oxygen atoms in total. The maximum atomic E-state index is 9.10. The quantitative estimate of drug-likeness (QED) is 0.762. The van der Waals surface area contributed by atoms with Crippen LogP contribution >= 0.6 is 11.6 Å². The molecule has 1 aliphatic rings. The van der Waals surface area contributed by atoms with E-state index in [1.807, 2.05) is 12.1 Å². The Kier molecular flexibility index (Phi) is 8.44. The Morgan fingerprint density at radius 3 is 2.00 bits per heavy atom. The van der Waals surface area contributed by atoms with Crippen LogP contribution < -0.4 is 0 Å². The van der Waals surface area contributed by atoms with Gasteiger partial charge in [-0.25, -0.2) is 9.59 Å². The first-order valence-corrected chi connectivity index (χ1v) is 9.43. The zero-order chi connectivity index (χ0) is 20.5. The van der Waals surface area contributed by atoms with Crippen LogP contribution in [0.15, 0.2) is 48.5 Å². The van der Waals surface area contributed by atoms with E-state index in [-0.39, 0.29) is 0 Å². The molecule has 2 N–H and O–H groups in total. The van der Waals surface area contributed by atoms with Crippen LogP contribution in [0, 0.1) is 6.92 Å². The Morgan fingerprint density at radius 2 is 1.46 bits per heavy atom. The van der Waals surface area contributed by atoms with Crippen molar-refractivity contribution in [3.05, 3.63) is 70.2 Å². The predicted molar refractivity (Wildman–Crippen MR) is 108 cm³/mol. The van der Waals surface area contributed by atoms with Crippen LogP contribution in [0.5, 0.6) is 0 Å². The summed E-state index contributed by atoms with van der Waals surface area (Å²) < 4.78 is 0. The first kappa shape index (κ1) is 21.9. The lowest BCUT2D eigenvalue weighted by Crippen LogP contribution is -2.45. The van der Waals surface area contributed by atoms with Crippen molar-refractivity contribution < 1.29 is 19.8 Å². The smallest absolute Gasteiger partial charge is 0.414 e. The summed E-state index contributed by atoms with van der Waals surface area (Å²) in [7, 11) is 0. The van der Waals surface area contributed by atoms with E-state index >= 15 is 0 Å². The van der Waals surface area contributed by atoms with Crippen molar-refractivity contribution in [1.82, 2.24) is 9.80 Å². The molecule has 0 aromatic heterocycles. The van der Waals surface area contributed by atoms with Crippen LogP contribution in [0.25, 0.3) is 0 Å². The van der Waals surface area contributed by atoms with Crippen molar-refractivity contribution in [1.29, 1.82) is 0 Å².